The molecule has 182 valence electrons. The van der Waals surface area contributed by atoms with Gasteiger partial charge in [-0.25, -0.2) is 14.8 Å². The van der Waals surface area contributed by atoms with Crippen LogP contribution in [0.15, 0.2) is 79.9 Å². The molecule has 36 heavy (non-hydrogen) atoms. The van der Waals surface area contributed by atoms with Gasteiger partial charge in [-0.3, -0.25) is 4.98 Å². The summed E-state index contributed by atoms with van der Waals surface area (Å²) in [5.74, 6) is 1.13. The van der Waals surface area contributed by atoms with Crippen molar-refractivity contribution in [1.29, 1.82) is 0 Å². The zero-order chi connectivity index (χ0) is 25.5. The number of nitrogens with one attached hydrogen (secondary N) is 4. The molecule has 2 heterocycles. The number of aryl methyl sites for hydroxylation is 2. The monoisotopic (exact) mass is 499 g/mol. The molecule has 0 unspecified atom stereocenters. The molecule has 4 N–H and O–H groups in total. The van der Waals surface area contributed by atoms with Gasteiger partial charge in [0.2, 0.25) is 0 Å². The van der Waals surface area contributed by atoms with E-state index in [0.717, 1.165) is 22.3 Å². The third-order valence-corrected chi connectivity index (χ3v) is 5.80. The Morgan fingerprint density at radius 2 is 1.83 bits per heavy atom. The van der Waals surface area contributed by atoms with Crippen LogP contribution in [0.25, 0.3) is 11.3 Å². The van der Waals surface area contributed by atoms with E-state index in [4.69, 9.17) is 16.6 Å². The van der Waals surface area contributed by atoms with Crippen LogP contribution in [0.5, 0.6) is 0 Å². The highest BCUT2D eigenvalue weighted by Gasteiger charge is 2.11. The molecule has 0 aliphatic heterocycles. The van der Waals surface area contributed by atoms with E-state index in [1.54, 1.807) is 30.9 Å². The predicted octanol–water partition coefficient (Wildman–Crippen LogP) is 6.62. The van der Waals surface area contributed by atoms with Gasteiger partial charge in [-0.2, -0.15) is 0 Å². The highest BCUT2D eigenvalue weighted by molar-refractivity contribution is 6.31. The summed E-state index contributed by atoms with van der Waals surface area (Å²) in [5, 5.41) is 12.6. The van der Waals surface area contributed by atoms with Gasteiger partial charge >= 0.3 is 6.03 Å². The lowest BCUT2D eigenvalue weighted by Gasteiger charge is -2.13. The van der Waals surface area contributed by atoms with Crippen LogP contribution in [0.3, 0.4) is 0 Å². The smallest absolute Gasteiger partial charge is 0.323 e. The van der Waals surface area contributed by atoms with Crippen LogP contribution in [-0.2, 0) is 6.54 Å². The summed E-state index contributed by atoms with van der Waals surface area (Å²) in [5.41, 5.74) is 5.65. The Kier molecular flexibility index (Phi) is 7.77. The Bertz CT molecular complexity index is 1390. The van der Waals surface area contributed by atoms with Crippen molar-refractivity contribution < 1.29 is 4.79 Å². The highest BCUT2D eigenvalue weighted by atomic mass is 35.5. The summed E-state index contributed by atoms with van der Waals surface area (Å²) in [6.45, 7) is 8.11. The summed E-state index contributed by atoms with van der Waals surface area (Å²) >= 11 is 6.22. The van der Waals surface area contributed by atoms with E-state index in [0.29, 0.717) is 40.3 Å². The van der Waals surface area contributed by atoms with Crippen LogP contribution in [0.1, 0.15) is 16.7 Å². The largest absolute Gasteiger partial charge is 0.363 e. The number of anilines is 4. The highest BCUT2D eigenvalue weighted by Crippen LogP contribution is 2.27. The average molecular weight is 500 g/mol. The summed E-state index contributed by atoms with van der Waals surface area (Å²) in [4.78, 5) is 25.9. The van der Waals surface area contributed by atoms with Crippen LogP contribution in [-0.4, -0.2) is 21.0 Å². The molecule has 2 amide bonds. The van der Waals surface area contributed by atoms with Crippen molar-refractivity contribution >= 4 is 40.6 Å². The molecule has 0 aliphatic rings. The molecule has 0 saturated carbocycles. The molecule has 0 radical (unpaired) electrons. The quantitative estimate of drug-likeness (QED) is 0.217. The second kappa shape index (κ2) is 11.3. The number of hydrogen-bond donors (Lipinski definition) is 4. The Hall–Kier alpha value is -4.43. The predicted molar refractivity (Wildman–Crippen MR) is 146 cm³/mol. The zero-order valence-electron chi connectivity index (χ0n) is 20.0. The Balaban J connectivity index is 1.51. The normalized spacial score (nSPS) is 10.4. The summed E-state index contributed by atoms with van der Waals surface area (Å²) in [6, 6.07) is 14.6. The van der Waals surface area contributed by atoms with Crippen molar-refractivity contribution in [3.8, 4) is 11.3 Å². The van der Waals surface area contributed by atoms with Crippen molar-refractivity contribution in [2.75, 3.05) is 21.3 Å². The third kappa shape index (κ3) is 6.17. The van der Waals surface area contributed by atoms with Crippen molar-refractivity contribution in [2.24, 2.45) is 0 Å². The van der Waals surface area contributed by atoms with E-state index in [1.165, 1.54) is 0 Å². The number of urea groups is 1. The van der Waals surface area contributed by atoms with Crippen LogP contribution in [0.4, 0.5) is 27.8 Å². The maximum absolute atomic E-state index is 12.6. The van der Waals surface area contributed by atoms with Gasteiger partial charge < -0.3 is 21.3 Å². The molecule has 9 heteroatoms. The lowest BCUT2D eigenvalue weighted by molar-refractivity contribution is 0.262. The van der Waals surface area contributed by atoms with Crippen LogP contribution in [0, 0.1) is 13.8 Å². The molecular weight excluding hydrogens is 474 g/mol. The first-order chi connectivity index (χ1) is 17.4. The molecule has 0 atom stereocenters. The molecule has 8 nitrogen and oxygen atoms in total. The lowest BCUT2D eigenvalue weighted by atomic mass is 10.1. The minimum atomic E-state index is -0.369. The third-order valence-electron chi connectivity index (χ3n) is 5.39. The van der Waals surface area contributed by atoms with Crippen molar-refractivity contribution in [3.05, 3.63) is 102 Å². The number of nitrogens with zero attached hydrogens (tertiary/aromatic N) is 3. The number of benzene rings is 2. The number of halogens is 1. The van der Waals surface area contributed by atoms with Gasteiger partial charge in [0.05, 0.1) is 11.9 Å². The second-order valence-corrected chi connectivity index (χ2v) is 8.49. The molecule has 2 aromatic carbocycles. The number of aromatic nitrogens is 3. The number of hydrogen-bond acceptors (Lipinski definition) is 6. The standard InChI is InChI=1S/C27H26ClN7O/c1-4-30-25-26(31-15-19-8-10-29-11-9-19)34-24(16-32-25)20-6-5-7-21(13-20)33-27(36)35-23-14-22(28)17(2)12-18(23)3/h4-14,16H,1,15H2,2-3H3,(H,30,32)(H,31,34)(H2,33,35,36). The molecule has 0 fully saturated rings. The Morgan fingerprint density at radius 3 is 2.61 bits per heavy atom. The van der Waals surface area contributed by atoms with Gasteiger partial charge in [0.15, 0.2) is 11.6 Å². The fourth-order valence-corrected chi connectivity index (χ4v) is 3.71. The van der Waals surface area contributed by atoms with Crippen LogP contribution >= 0.6 is 11.6 Å². The van der Waals surface area contributed by atoms with Crippen molar-refractivity contribution in [1.82, 2.24) is 15.0 Å². The molecule has 0 bridgehead atoms. The molecule has 4 rings (SSSR count). The van der Waals surface area contributed by atoms with Gasteiger partial charge in [-0.05, 0) is 67.1 Å². The summed E-state index contributed by atoms with van der Waals surface area (Å²) in [7, 11) is 0. The van der Waals surface area contributed by atoms with E-state index >= 15 is 0 Å². The fourth-order valence-electron chi connectivity index (χ4n) is 3.54. The van der Waals surface area contributed by atoms with E-state index in [9.17, 15) is 4.79 Å². The molecule has 2 aromatic heterocycles. The van der Waals surface area contributed by atoms with Crippen molar-refractivity contribution in [2.45, 2.75) is 20.4 Å². The van der Waals surface area contributed by atoms with Gasteiger partial charge in [0.25, 0.3) is 0 Å². The number of rotatable bonds is 8. The van der Waals surface area contributed by atoms with E-state index in [2.05, 4.69) is 37.8 Å². The van der Waals surface area contributed by atoms with Crippen LogP contribution < -0.4 is 21.3 Å². The van der Waals surface area contributed by atoms with Crippen molar-refractivity contribution in [3.63, 3.8) is 0 Å². The fraction of sp³-hybridized carbons (Fsp3) is 0.111. The first-order valence-corrected chi connectivity index (χ1v) is 11.6. The van der Waals surface area contributed by atoms with E-state index in [-0.39, 0.29) is 6.03 Å². The number of pyridine rings is 1. The van der Waals surface area contributed by atoms with Gasteiger partial charge in [0, 0.05) is 40.9 Å². The van der Waals surface area contributed by atoms with Gasteiger partial charge in [-0.1, -0.05) is 36.4 Å². The number of carbonyl (C=O) groups excluding carboxylic acids is 1. The SMILES string of the molecule is C=CNc1ncc(-c2cccc(NC(=O)Nc3cc(Cl)c(C)cc3C)c2)nc1NCc1ccncc1. The molecule has 0 aliphatic carbocycles. The number of amides is 2. The van der Waals surface area contributed by atoms with E-state index < -0.39 is 0 Å². The number of carbonyl (C=O) groups is 1. The Morgan fingerprint density at radius 1 is 1.03 bits per heavy atom. The minimum Gasteiger partial charge on any atom is -0.363 e. The maximum atomic E-state index is 12.6. The first-order valence-electron chi connectivity index (χ1n) is 11.3. The molecular formula is C27H26ClN7O. The molecule has 4 aromatic rings. The minimum absolute atomic E-state index is 0.369. The van der Waals surface area contributed by atoms with Gasteiger partial charge in [-0.15, -0.1) is 0 Å². The maximum Gasteiger partial charge on any atom is 0.323 e. The first kappa shape index (κ1) is 24.7. The summed E-state index contributed by atoms with van der Waals surface area (Å²) in [6.07, 6.45) is 6.70. The van der Waals surface area contributed by atoms with E-state index in [1.807, 2.05) is 56.3 Å². The summed E-state index contributed by atoms with van der Waals surface area (Å²) < 4.78 is 0. The lowest BCUT2D eigenvalue weighted by Crippen LogP contribution is -2.20. The van der Waals surface area contributed by atoms with Crippen LogP contribution in [0.2, 0.25) is 5.02 Å². The van der Waals surface area contributed by atoms with Gasteiger partial charge in [0.1, 0.15) is 0 Å². The Labute approximate surface area is 214 Å². The molecule has 0 saturated heterocycles. The zero-order valence-corrected chi connectivity index (χ0v) is 20.7. The average Bonchev–Trinajstić information content (AvgIpc) is 2.87. The second-order valence-electron chi connectivity index (χ2n) is 8.09. The molecule has 0 spiro atoms. The topological polar surface area (TPSA) is 104 Å².